The Morgan fingerprint density at radius 1 is 1.35 bits per heavy atom. The topological polar surface area (TPSA) is 116 Å². The van der Waals surface area contributed by atoms with E-state index in [1.54, 1.807) is 0 Å². The van der Waals surface area contributed by atoms with Crippen molar-refractivity contribution < 1.29 is 22.9 Å². The molecule has 0 atom stereocenters. The summed E-state index contributed by atoms with van der Waals surface area (Å²) in [5.74, 6) is -0.0617. The number of hydrogen-bond acceptors (Lipinski definition) is 6. The molecule has 0 bridgehead atoms. The molecule has 8 nitrogen and oxygen atoms in total. The van der Waals surface area contributed by atoms with Gasteiger partial charge in [0.25, 0.3) is 5.69 Å². The fourth-order valence-electron chi connectivity index (χ4n) is 0.863. The Hall–Kier alpha value is -1.87. The molecule has 0 aliphatic rings. The van der Waals surface area contributed by atoms with Gasteiger partial charge < -0.3 is 4.74 Å². The molecule has 1 aromatic rings. The van der Waals surface area contributed by atoms with E-state index in [9.17, 15) is 23.3 Å². The van der Waals surface area contributed by atoms with E-state index in [2.05, 4.69) is 4.74 Å². The van der Waals surface area contributed by atoms with Gasteiger partial charge in [0.05, 0.1) is 4.92 Å². The third kappa shape index (κ3) is 4.66. The molecule has 10 heteroatoms. The summed E-state index contributed by atoms with van der Waals surface area (Å²) < 4.78 is 26.7. The number of nitrogens with zero attached hydrogens (tertiary/aromatic N) is 1. The first-order valence-corrected chi connectivity index (χ1v) is 6.27. The van der Waals surface area contributed by atoms with Gasteiger partial charge in [0, 0.05) is 22.8 Å². The second-order valence-electron chi connectivity index (χ2n) is 2.68. The second kappa shape index (κ2) is 4.97. The van der Waals surface area contributed by atoms with E-state index in [-0.39, 0.29) is 11.4 Å². The van der Waals surface area contributed by atoms with Gasteiger partial charge in [0.2, 0.25) is 0 Å². The molecule has 0 fully saturated rings. The third-order valence-corrected chi connectivity index (χ3v) is 2.11. The monoisotopic (exact) mass is 280 g/mol. The Morgan fingerprint density at radius 2 is 1.88 bits per heavy atom. The summed E-state index contributed by atoms with van der Waals surface area (Å²) in [4.78, 5) is 20.6. The zero-order chi connectivity index (χ0) is 13.1. The maximum Gasteiger partial charge on any atom is 0.427 e. The lowest BCUT2D eigenvalue weighted by atomic mass is 10.3. The fraction of sp³-hybridized carbons (Fsp3) is 0. The molecule has 0 saturated heterocycles. The van der Waals surface area contributed by atoms with Gasteiger partial charge in [-0.2, -0.15) is 8.42 Å². The quantitative estimate of drug-likeness (QED) is 0.505. The van der Waals surface area contributed by atoms with Crippen LogP contribution < -0.4 is 9.46 Å². The highest BCUT2D eigenvalue weighted by atomic mass is 35.7. The van der Waals surface area contributed by atoms with Crippen LogP contribution in [0.15, 0.2) is 24.3 Å². The number of rotatable bonds is 3. The average Bonchev–Trinajstić information content (AvgIpc) is 2.15. The van der Waals surface area contributed by atoms with Gasteiger partial charge in [-0.05, 0) is 12.1 Å². The number of carbonyl (C=O) groups is 1. The number of benzene rings is 1. The summed E-state index contributed by atoms with van der Waals surface area (Å²) in [6.45, 7) is 0. The summed E-state index contributed by atoms with van der Waals surface area (Å²) in [6.07, 6.45) is -1.31. The Balaban J connectivity index is 2.70. The maximum atomic E-state index is 10.9. The number of carbonyl (C=O) groups excluding carboxylic acids is 1. The second-order valence-corrected chi connectivity index (χ2v) is 4.98. The van der Waals surface area contributed by atoms with E-state index in [1.165, 1.54) is 4.72 Å². The minimum absolute atomic E-state index is 0.0617. The number of nitro benzene ring substituents is 1. The van der Waals surface area contributed by atoms with Crippen LogP contribution in [0, 0.1) is 10.1 Å². The van der Waals surface area contributed by atoms with Crippen LogP contribution in [0.2, 0.25) is 0 Å². The molecule has 0 aromatic heterocycles. The van der Waals surface area contributed by atoms with E-state index < -0.39 is 20.3 Å². The Bertz CT molecular complexity index is 540. The maximum absolute atomic E-state index is 10.9. The first-order chi connectivity index (χ1) is 7.78. The minimum Gasteiger partial charge on any atom is -0.410 e. The molecule has 0 saturated carbocycles. The van der Waals surface area contributed by atoms with Gasteiger partial charge in [-0.25, -0.2) is 9.52 Å². The molecule has 1 amide bonds. The van der Waals surface area contributed by atoms with Gasteiger partial charge in [0.1, 0.15) is 5.75 Å². The highest BCUT2D eigenvalue weighted by Gasteiger charge is 2.13. The molecule has 1 rings (SSSR count). The molecular weight excluding hydrogens is 276 g/mol. The normalized spacial score (nSPS) is 10.6. The predicted molar refractivity (Wildman–Crippen MR) is 57.0 cm³/mol. The van der Waals surface area contributed by atoms with Crippen molar-refractivity contribution in [3.8, 4) is 5.75 Å². The van der Waals surface area contributed by atoms with E-state index in [0.717, 1.165) is 24.3 Å². The molecule has 0 radical (unpaired) electrons. The molecular formula is C7H5ClN2O6S. The smallest absolute Gasteiger partial charge is 0.410 e. The molecule has 0 aliphatic carbocycles. The Morgan fingerprint density at radius 3 is 2.29 bits per heavy atom. The molecule has 0 aliphatic heterocycles. The van der Waals surface area contributed by atoms with E-state index in [4.69, 9.17) is 10.7 Å². The van der Waals surface area contributed by atoms with E-state index in [0.29, 0.717) is 0 Å². The summed E-state index contributed by atoms with van der Waals surface area (Å²) in [5.41, 5.74) is -0.192. The lowest BCUT2D eigenvalue weighted by Crippen LogP contribution is -2.29. The lowest BCUT2D eigenvalue weighted by Gasteiger charge is -2.03. The van der Waals surface area contributed by atoms with Crippen LogP contribution in [0.5, 0.6) is 5.75 Å². The van der Waals surface area contributed by atoms with E-state index >= 15 is 0 Å². The first kappa shape index (κ1) is 13.2. The van der Waals surface area contributed by atoms with Crippen LogP contribution in [-0.4, -0.2) is 19.4 Å². The predicted octanol–water partition coefficient (Wildman–Crippen LogP) is 1.17. The van der Waals surface area contributed by atoms with Gasteiger partial charge in [0.15, 0.2) is 0 Å². The standard InChI is InChI=1S/C7H5ClN2O6S/c8-17(14,15)9-7(11)16-6-3-1-5(2-4-6)10(12)13/h1-4H,(H,9,11). The third-order valence-electron chi connectivity index (χ3n) is 1.46. The van der Waals surface area contributed by atoms with Gasteiger partial charge in [-0.1, -0.05) is 0 Å². The van der Waals surface area contributed by atoms with Crippen molar-refractivity contribution in [3.63, 3.8) is 0 Å². The van der Waals surface area contributed by atoms with Gasteiger partial charge in [-0.15, -0.1) is 0 Å². The fourth-order valence-corrected chi connectivity index (χ4v) is 1.29. The number of amides is 1. The minimum atomic E-state index is -4.23. The van der Waals surface area contributed by atoms with Crippen LogP contribution in [0.4, 0.5) is 10.5 Å². The average molecular weight is 281 g/mol. The molecule has 0 heterocycles. The van der Waals surface area contributed by atoms with Crippen LogP contribution in [0.25, 0.3) is 0 Å². The lowest BCUT2D eigenvalue weighted by molar-refractivity contribution is -0.384. The molecule has 1 aromatic carbocycles. The van der Waals surface area contributed by atoms with Crippen molar-refractivity contribution in [3.05, 3.63) is 34.4 Å². The largest absolute Gasteiger partial charge is 0.427 e. The van der Waals surface area contributed by atoms with E-state index in [1.807, 2.05) is 0 Å². The summed E-state index contributed by atoms with van der Waals surface area (Å²) in [6, 6.07) is 4.47. The number of ether oxygens (including phenoxy) is 1. The highest BCUT2D eigenvalue weighted by Crippen LogP contribution is 2.17. The number of non-ortho nitro benzene ring substituents is 1. The zero-order valence-electron chi connectivity index (χ0n) is 7.99. The molecule has 0 spiro atoms. The van der Waals surface area contributed by atoms with Gasteiger partial charge >= 0.3 is 15.3 Å². The SMILES string of the molecule is O=C(NS(=O)(=O)Cl)Oc1ccc([N+](=O)[O-])cc1. The Labute approximate surface area is 99.8 Å². The highest BCUT2D eigenvalue weighted by molar-refractivity contribution is 8.12. The number of nitro groups is 1. The van der Waals surface area contributed by atoms with Crippen LogP contribution >= 0.6 is 10.7 Å². The molecule has 0 unspecified atom stereocenters. The van der Waals surface area contributed by atoms with Crippen molar-refractivity contribution in [2.45, 2.75) is 0 Å². The molecule has 17 heavy (non-hydrogen) atoms. The van der Waals surface area contributed by atoms with Crippen molar-refractivity contribution in [2.75, 3.05) is 0 Å². The van der Waals surface area contributed by atoms with Crippen molar-refractivity contribution in [2.24, 2.45) is 0 Å². The van der Waals surface area contributed by atoms with Gasteiger partial charge in [-0.3, -0.25) is 10.1 Å². The first-order valence-electron chi connectivity index (χ1n) is 3.96. The van der Waals surface area contributed by atoms with Crippen LogP contribution in [0.3, 0.4) is 0 Å². The molecule has 1 N–H and O–H groups in total. The van der Waals surface area contributed by atoms with Crippen molar-refractivity contribution in [1.29, 1.82) is 0 Å². The number of halogens is 1. The molecule has 92 valence electrons. The van der Waals surface area contributed by atoms with Crippen LogP contribution in [-0.2, 0) is 9.24 Å². The van der Waals surface area contributed by atoms with Crippen LogP contribution in [0.1, 0.15) is 0 Å². The number of nitrogens with one attached hydrogen (secondary N) is 1. The summed E-state index contributed by atoms with van der Waals surface area (Å²) >= 11 is 0. The summed E-state index contributed by atoms with van der Waals surface area (Å²) in [7, 11) is 0.506. The van der Waals surface area contributed by atoms with Crippen molar-refractivity contribution >= 4 is 31.7 Å². The Kier molecular flexibility index (Phi) is 3.86. The van der Waals surface area contributed by atoms with Crippen molar-refractivity contribution in [1.82, 2.24) is 4.72 Å². The zero-order valence-corrected chi connectivity index (χ0v) is 9.56. The summed E-state index contributed by atoms with van der Waals surface area (Å²) in [5, 5.41) is 10.3. The number of hydrogen-bond donors (Lipinski definition) is 1.